The maximum atomic E-state index is 10.9. The monoisotopic (exact) mass is 450 g/mol. The molecular weight excluding hydrogens is 428 g/mol. The van der Waals surface area contributed by atoms with Crippen molar-refractivity contribution in [2.45, 2.75) is 25.6 Å². The van der Waals surface area contributed by atoms with E-state index in [0.29, 0.717) is 29.5 Å². The second-order valence-electron chi connectivity index (χ2n) is 7.62. The summed E-state index contributed by atoms with van der Waals surface area (Å²) < 4.78 is 16.6. The van der Waals surface area contributed by atoms with Crippen molar-refractivity contribution in [3.63, 3.8) is 0 Å². The lowest BCUT2D eigenvalue weighted by molar-refractivity contribution is 0.174. The zero-order valence-electron chi connectivity index (χ0n) is 17.5. The van der Waals surface area contributed by atoms with Crippen molar-refractivity contribution >= 4 is 17.3 Å². The molecule has 0 saturated heterocycles. The average molecular weight is 451 g/mol. The molecule has 2 aliphatic heterocycles. The number of halogens is 1. The molecule has 2 N–H and O–H groups in total. The lowest BCUT2D eigenvalue weighted by Gasteiger charge is -2.31. The summed E-state index contributed by atoms with van der Waals surface area (Å²) in [5.74, 6) is 2.03. The molecule has 7 heteroatoms. The average Bonchev–Trinajstić information content (AvgIpc) is 3.28. The molecule has 0 aliphatic carbocycles. The van der Waals surface area contributed by atoms with Crippen molar-refractivity contribution in [2.24, 2.45) is 4.99 Å². The van der Waals surface area contributed by atoms with Gasteiger partial charge in [-0.15, -0.1) is 0 Å². The molecule has 6 nitrogen and oxygen atoms in total. The van der Waals surface area contributed by atoms with Gasteiger partial charge >= 0.3 is 0 Å². The van der Waals surface area contributed by atoms with Gasteiger partial charge in [-0.25, -0.2) is 0 Å². The molecule has 0 amide bonds. The number of aromatic hydroxyl groups is 1. The fourth-order valence-electron chi connectivity index (χ4n) is 4.11. The van der Waals surface area contributed by atoms with Crippen LogP contribution in [0.4, 0.5) is 0 Å². The molecule has 5 rings (SSSR count). The van der Waals surface area contributed by atoms with E-state index >= 15 is 0 Å². The number of para-hydroxylation sites is 1. The number of benzene rings is 3. The fourth-order valence-corrected chi connectivity index (χ4v) is 4.34. The molecule has 2 heterocycles. The van der Waals surface area contributed by atoms with E-state index in [1.807, 2.05) is 61.5 Å². The van der Waals surface area contributed by atoms with E-state index in [9.17, 15) is 5.11 Å². The number of ether oxygens (including phenoxy) is 3. The first-order valence-corrected chi connectivity index (χ1v) is 10.9. The van der Waals surface area contributed by atoms with E-state index < -0.39 is 0 Å². The highest BCUT2D eigenvalue weighted by molar-refractivity contribution is 6.31. The molecule has 2 atom stereocenters. The summed E-state index contributed by atoms with van der Waals surface area (Å²) >= 11 is 6.50. The van der Waals surface area contributed by atoms with Crippen LogP contribution in [0.25, 0.3) is 0 Å². The van der Waals surface area contributed by atoms with E-state index in [-0.39, 0.29) is 24.8 Å². The van der Waals surface area contributed by atoms with Gasteiger partial charge in [0, 0.05) is 34.3 Å². The van der Waals surface area contributed by atoms with Crippen molar-refractivity contribution in [2.75, 3.05) is 13.4 Å². The number of nitrogens with zero attached hydrogens (tertiary/aromatic N) is 1. The Balaban J connectivity index is 1.57. The first kappa shape index (κ1) is 20.7. The van der Waals surface area contributed by atoms with Crippen LogP contribution in [0.15, 0.2) is 65.7 Å². The smallest absolute Gasteiger partial charge is 0.231 e. The lowest BCUT2D eigenvalue weighted by Crippen LogP contribution is -2.33. The van der Waals surface area contributed by atoms with Crippen LogP contribution in [0.2, 0.25) is 5.02 Å². The summed E-state index contributed by atoms with van der Waals surface area (Å²) in [5, 5.41) is 15.1. The Morgan fingerprint density at radius 3 is 2.72 bits per heavy atom. The van der Waals surface area contributed by atoms with Gasteiger partial charge in [0.05, 0.1) is 6.61 Å². The topological polar surface area (TPSA) is 72.3 Å². The minimum absolute atomic E-state index is 0.136. The minimum atomic E-state index is -0.377. The molecule has 3 aromatic carbocycles. The summed E-state index contributed by atoms with van der Waals surface area (Å²) in [5.41, 5.74) is 3.45. The summed E-state index contributed by atoms with van der Waals surface area (Å²) in [6, 6.07) is 18.8. The summed E-state index contributed by atoms with van der Waals surface area (Å²) in [6.07, 6.45) is 0.196. The fraction of sp³-hybridized carbons (Fsp3) is 0.240. The number of hydrogen-bond acceptors (Lipinski definition) is 6. The molecule has 164 valence electrons. The zero-order chi connectivity index (χ0) is 22.1. The maximum absolute atomic E-state index is 10.9. The maximum Gasteiger partial charge on any atom is 0.231 e. The summed E-state index contributed by atoms with van der Waals surface area (Å²) in [7, 11) is 0. The molecule has 0 fully saturated rings. The third-order valence-electron chi connectivity index (χ3n) is 5.65. The van der Waals surface area contributed by atoms with Gasteiger partial charge in [-0.05, 0) is 42.8 Å². The first-order valence-electron chi connectivity index (χ1n) is 10.6. The van der Waals surface area contributed by atoms with Gasteiger partial charge in [-0.1, -0.05) is 41.9 Å². The molecule has 0 saturated carbocycles. The molecule has 0 bridgehead atoms. The second-order valence-corrected chi connectivity index (χ2v) is 8.03. The van der Waals surface area contributed by atoms with Gasteiger partial charge in [-0.3, -0.25) is 10.3 Å². The Kier molecular flexibility index (Phi) is 5.64. The number of rotatable bonds is 5. The van der Waals surface area contributed by atoms with Gasteiger partial charge in [0.25, 0.3) is 0 Å². The SMILES string of the molecule is CCOc1cccc(C2CC(c3ccc4c(c3)OCO4)=NC(c3ccccc3Cl)N2)c1O. The van der Waals surface area contributed by atoms with Crippen molar-refractivity contribution in [1.29, 1.82) is 0 Å². The molecule has 2 unspecified atom stereocenters. The number of phenols is 1. The predicted octanol–water partition coefficient (Wildman–Crippen LogP) is 5.40. The van der Waals surface area contributed by atoms with E-state index in [1.165, 1.54) is 0 Å². The molecule has 0 aromatic heterocycles. The van der Waals surface area contributed by atoms with Gasteiger partial charge < -0.3 is 19.3 Å². The first-order chi connectivity index (χ1) is 15.6. The minimum Gasteiger partial charge on any atom is -0.504 e. The Hall–Kier alpha value is -3.22. The third kappa shape index (κ3) is 3.87. The van der Waals surface area contributed by atoms with Crippen LogP contribution >= 0.6 is 11.6 Å². The highest BCUT2D eigenvalue weighted by atomic mass is 35.5. The summed E-state index contributed by atoms with van der Waals surface area (Å²) in [4.78, 5) is 4.98. The van der Waals surface area contributed by atoms with Crippen molar-refractivity contribution < 1.29 is 19.3 Å². The standard InChI is InChI=1S/C25H23ClN2O4/c1-2-30-22-9-5-7-17(24(22)29)20-13-19(15-10-11-21-23(12-15)32-14-31-21)27-25(28-20)16-6-3-4-8-18(16)26/h3-12,20,25,28-29H,2,13-14H2,1H3. The lowest BCUT2D eigenvalue weighted by atomic mass is 9.93. The Labute approximate surface area is 191 Å². The quantitative estimate of drug-likeness (QED) is 0.544. The number of fused-ring (bicyclic) bond motifs is 1. The van der Waals surface area contributed by atoms with Crippen LogP contribution in [-0.2, 0) is 0 Å². The van der Waals surface area contributed by atoms with E-state index in [0.717, 1.165) is 28.2 Å². The van der Waals surface area contributed by atoms with Crippen molar-refractivity contribution in [3.8, 4) is 23.0 Å². The predicted molar refractivity (Wildman–Crippen MR) is 123 cm³/mol. The highest BCUT2D eigenvalue weighted by Crippen LogP contribution is 2.41. The normalized spacial score (nSPS) is 19.5. The summed E-state index contributed by atoms with van der Waals surface area (Å²) in [6.45, 7) is 2.58. The van der Waals surface area contributed by atoms with Crippen LogP contribution < -0.4 is 19.5 Å². The van der Waals surface area contributed by atoms with Gasteiger partial charge in [-0.2, -0.15) is 0 Å². The van der Waals surface area contributed by atoms with Gasteiger partial charge in [0.1, 0.15) is 6.17 Å². The third-order valence-corrected chi connectivity index (χ3v) is 6.00. The molecule has 0 radical (unpaired) electrons. The van der Waals surface area contributed by atoms with Crippen LogP contribution in [0.5, 0.6) is 23.0 Å². The van der Waals surface area contributed by atoms with Crippen molar-refractivity contribution in [3.05, 3.63) is 82.4 Å². The highest BCUT2D eigenvalue weighted by Gasteiger charge is 2.30. The molecule has 2 aliphatic rings. The van der Waals surface area contributed by atoms with E-state index in [1.54, 1.807) is 6.07 Å². The van der Waals surface area contributed by atoms with E-state index in [2.05, 4.69) is 5.32 Å². The molecule has 3 aromatic rings. The van der Waals surface area contributed by atoms with Gasteiger partial charge in [0.15, 0.2) is 23.0 Å². The van der Waals surface area contributed by atoms with Crippen LogP contribution in [0, 0.1) is 0 Å². The number of nitrogens with one attached hydrogen (secondary N) is 1. The Morgan fingerprint density at radius 2 is 1.88 bits per heavy atom. The van der Waals surface area contributed by atoms with Crippen molar-refractivity contribution in [1.82, 2.24) is 5.32 Å². The van der Waals surface area contributed by atoms with Crippen LogP contribution in [0.1, 0.15) is 42.2 Å². The number of hydrogen-bond donors (Lipinski definition) is 2. The Bertz CT molecular complexity index is 1180. The van der Waals surface area contributed by atoms with Gasteiger partial charge in [0.2, 0.25) is 6.79 Å². The largest absolute Gasteiger partial charge is 0.504 e. The molecule has 0 spiro atoms. The van der Waals surface area contributed by atoms with E-state index in [4.69, 9.17) is 30.8 Å². The number of phenolic OH excluding ortho intramolecular Hbond substituents is 1. The zero-order valence-corrected chi connectivity index (χ0v) is 18.3. The number of aliphatic imine (C=N–C) groups is 1. The Morgan fingerprint density at radius 1 is 1.06 bits per heavy atom. The second kappa shape index (κ2) is 8.73. The van der Waals surface area contributed by atoms with Crippen LogP contribution in [0.3, 0.4) is 0 Å². The van der Waals surface area contributed by atoms with Crippen LogP contribution in [-0.4, -0.2) is 24.2 Å². The molecular formula is C25H23ClN2O4. The molecule has 32 heavy (non-hydrogen) atoms.